The fraction of sp³-hybridized carbons (Fsp3) is 0.227. The zero-order valence-corrected chi connectivity index (χ0v) is 15.8. The lowest BCUT2D eigenvalue weighted by atomic mass is 9.87. The highest BCUT2D eigenvalue weighted by Gasteiger charge is 2.24. The first-order valence-electron chi connectivity index (χ1n) is 8.60. The molecule has 0 radical (unpaired) electrons. The van der Waals surface area contributed by atoms with E-state index in [0.717, 1.165) is 11.1 Å². The van der Waals surface area contributed by atoms with E-state index in [9.17, 15) is 9.59 Å². The van der Waals surface area contributed by atoms with Gasteiger partial charge in [-0.2, -0.15) is 0 Å². The summed E-state index contributed by atoms with van der Waals surface area (Å²) in [7, 11) is 1.33. The average Bonchev–Trinajstić information content (AvgIpc) is 3.01. The molecule has 1 aliphatic heterocycles. The molecule has 3 rings (SSSR count). The van der Waals surface area contributed by atoms with Crippen molar-refractivity contribution in [3.63, 3.8) is 0 Å². The van der Waals surface area contributed by atoms with E-state index in [1.807, 2.05) is 24.3 Å². The van der Waals surface area contributed by atoms with Crippen molar-refractivity contribution in [2.45, 2.75) is 26.2 Å². The van der Waals surface area contributed by atoms with Crippen LogP contribution in [0.3, 0.4) is 0 Å². The zero-order valence-electron chi connectivity index (χ0n) is 15.8. The van der Waals surface area contributed by atoms with Gasteiger partial charge < -0.3 is 9.47 Å². The number of cyclic esters (lactones) is 1. The monoisotopic (exact) mass is 363 g/mol. The van der Waals surface area contributed by atoms with E-state index in [-0.39, 0.29) is 17.0 Å². The molecule has 2 aromatic carbocycles. The van der Waals surface area contributed by atoms with Crippen LogP contribution < -0.4 is 0 Å². The molecule has 0 bridgehead atoms. The van der Waals surface area contributed by atoms with Crippen LogP contribution in [0, 0.1) is 0 Å². The lowest BCUT2D eigenvalue weighted by molar-refractivity contribution is -0.129. The van der Waals surface area contributed by atoms with Gasteiger partial charge in [0.2, 0.25) is 5.90 Å². The van der Waals surface area contributed by atoms with Crippen LogP contribution in [-0.4, -0.2) is 24.9 Å². The van der Waals surface area contributed by atoms with Crippen molar-refractivity contribution in [3.05, 3.63) is 76.5 Å². The third kappa shape index (κ3) is 4.14. The van der Waals surface area contributed by atoms with E-state index in [4.69, 9.17) is 4.74 Å². The van der Waals surface area contributed by atoms with Crippen LogP contribution in [-0.2, 0) is 19.7 Å². The third-order valence-corrected chi connectivity index (χ3v) is 4.25. The molecule has 1 heterocycles. The standard InChI is InChI=1S/C22H21NO4/c1-22(2,3)17-11-9-15(10-12-17)19-23-18(21(25)27-19)13-14-5-7-16(8-6-14)20(24)26-4/h5-13H,1-4H3/b18-13-. The summed E-state index contributed by atoms with van der Waals surface area (Å²) in [6.45, 7) is 6.42. The number of carbonyl (C=O) groups is 2. The molecule has 5 nitrogen and oxygen atoms in total. The van der Waals surface area contributed by atoms with Crippen LogP contribution in [0.2, 0.25) is 0 Å². The van der Waals surface area contributed by atoms with Gasteiger partial charge in [0.05, 0.1) is 12.7 Å². The van der Waals surface area contributed by atoms with Gasteiger partial charge in [0.15, 0.2) is 5.70 Å². The fourth-order valence-electron chi connectivity index (χ4n) is 2.64. The molecule has 0 unspecified atom stereocenters. The number of hydrogen-bond donors (Lipinski definition) is 0. The molecule has 27 heavy (non-hydrogen) atoms. The number of aliphatic imine (C=N–C) groups is 1. The summed E-state index contributed by atoms with van der Waals surface area (Å²) in [4.78, 5) is 27.9. The van der Waals surface area contributed by atoms with Gasteiger partial charge in [-0.3, -0.25) is 0 Å². The second-order valence-electron chi connectivity index (χ2n) is 7.28. The van der Waals surface area contributed by atoms with Crippen LogP contribution in [0.4, 0.5) is 0 Å². The van der Waals surface area contributed by atoms with Crippen LogP contribution in [0.15, 0.2) is 59.2 Å². The average molecular weight is 363 g/mol. The van der Waals surface area contributed by atoms with Crippen LogP contribution in [0.5, 0.6) is 0 Å². The van der Waals surface area contributed by atoms with Crippen LogP contribution in [0.1, 0.15) is 47.8 Å². The van der Waals surface area contributed by atoms with E-state index >= 15 is 0 Å². The molecule has 0 fully saturated rings. The molecule has 5 heteroatoms. The first-order chi connectivity index (χ1) is 12.8. The van der Waals surface area contributed by atoms with Gasteiger partial charge in [-0.25, -0.2) is 14.6 Å². The number of esters is 2. The summed E-state index contributed by atoms with van der Waals surface area (Å²) in [6.07, 6.45) is 1.62. The van der Waals surface area contributed by atoms with E-state index in [1.165, 1.54) is 12.7 Å². The van der Waals surface area contributed by atoms with Gasteiger partial charge in [-0.05, 0) is 46.9 Å². The Morgan fingerprint density at radius 3 is 2.22 bits per heavy atom. The normalized spacial score (nSPS) is 15.5. The van der Waals surface area contributed by atoms with Crippen LogP contribution in [0.25, 0.3) is 6.08 Å². The van der Waals surface area contributed by atoms with Crippen molar-refractivity contribution >= 4 is 23.9 Å². The molecule has 0 amide bonds. The van der Waals surface area contributed by atoms with E-state index in [0.29, 0.717) is 5.56 Å². The number of benzene rings is 2. The number of nitrogens with zero attached hydrogens (tertiary/aromatic N) is 1. The van der Waals surface area contributed by atoms with Gasteiger partial charge >= 0.3 is 11.9 Å². The lowest BCUT2D eigenvalue weighted by Crippen LogP contribution is -2.11. The summed E-state index contributed by atoms with van der Waals surface area (Å²) in [5.41, 5.74) is 3.39. The molecule has 1 aliphatic rings. The Morgan fingerprint density at radius 1 is 1.04 bits per heavy atom. The molecule has 0 spiro atoms. The van der Waals surface area contributed by atoms with Gasteiger partial charge in [0.1, 0.15) is 0 Å². The van der Waals surface area contributed by atoms with Crippen molar-refractivity contribution in [3.8, 4) is 0 Å². The molecule has 0 saturated carbocycles. The maximum Gasteiger partial charge on any atom is 0.363 e. The van der Waals surface area contributed by atoms with Crippen molar-refractivity contribution in [2.24, 2.45) is 4.99 Å². The molecule has 0 N–H and O–H groups in total. The molecule has 0 saturated heterocycles. The Bertz CT molecular complexity index is 930. The van der Waals surface area contributed by atoms with Gasteiger partial charge in [0, 0.05) is 5.56 Å². The Balaban J connectivity index is 1.83. The number of rotatable bonds is 3. The van der Waals surface area contributed by atoms with Crippen molar-refractivity contribution in [1.82, 2.24) is 0 Å². The van der Waals surface area contributed by atoms with Crippen molar-refractivity contribution in [1.29, 1.82) is 0 Å². The van der Waals surface area contributed by atoms with E-state index in [2.05, 4.69) is 30.5 Å². The second-order valence-corrected chi connectivity index (χ2v) is 7.28. The number of carbonyl (C=O) groups excluding carboxylic acids is 2. The largest absolute Gasteiger partial charge is 0.465 e. The summed E-state index contributed by atoms with van der Waals surface area (Å²) in [5, 5.41) is 0. The quantitative estimate of drug-likeness (QED) is 0.608. The summed E-state index contributed by atoms with van der Waals surface area (Å²) >= 11 is 0. The first kappa shape index (κ1) is 18.6. The molecule has 0 aliphatic carbocycles. The summed E-state index contributed by atoms with van der Waals surface area (Å²) in [5.74, 6) is -0.617. The molecule has 0 atom stereocenters. The first-order valence-corrected chi connectivity index (χ1v) is 8.60. The molecular formula is C22H21NO4. The minimum atomic E-state index is -0.498. The Hall–Kier alpha value is -3.21. The molecular weight excluding hydrogens is 342 g/mol. The topological polar surface area (TPSA) is 65.0 Å². The molecule has 0 aromatic heterocycles. The molecule has 2 aromatic rings. The third-order valence-electron chi connectivity index (χ3n) is 4.25. The lowest BCUT2D eigenvalue weighted by Gasteiger charge is -2.18. The van der Waals surface area contributed by atoms with Crippen molar-refractivity contribution < 1.29 is 19.1 Å². The summed E-state index contributed by atoms with van der Waals surface area (Å²) in [6, 6.07) is 14.5. The summed E-state index contributed by atoms with van der Waals surface area (Å²) < 4.78 is 9.97. The predicted molar refractivity (Wildman–Crippen MR) is 104 cm³/mol. The SMILES string of the molecule is COC(=O)c1ccc(/C=C2\N=C(c3ccc(C(C)(C)C)cc3)OC2=O)cc1. The van der Waals surface area contributed by atoms with Gasteiger partial charge in [-0.15, -0.1) is 0 Å². The number of hydrogen-bond acceptors (Lipinski definition) is 5. The van der Waals surface area contributed by atoms with Crippen LogP contribution >= 0.6 is 0 Å². The Labute approximate surface area is 158 Å². The van der Waals surface area contributed by atoms with E-state index in [1.54, 1.807) is 30.3 Å². The Morgan fingerprint density at radius 2 is 1.67 bits per heavy atom. The minimum Gasteiger partial charge on any atom is -0.465 e. The fourth-order valence-corrected chi connectivity index (χ4v) is 2.64. The van der Waals surface area contributed by atoms with E-state index < -0.39 is 11.9 Å². The predicted octanol–water partition coefficient (Wildman–Crippen LogP) is 4.12. The second kappa shape index (κ2) is 7.19. The van der Waals surface area contributed by atoms with Gasteiger partial charge in [0.25, 0.3) is 0 Å². The maximum absolute atomic E-state index is 12.1. The maximum atomic E-state index is 12.1. The number of methoxy groups -OCH3 is 1. The highest BCUT2D eigenvalue weighted by Crippen LogP contribution is 2.24. The zero-order chi connectivity index (χ0) is 19.6. The van der Waals surface area contributed by atoms with Gasteiger partial charge in [-0.1, -0.05) is 45.0 Å². The minimum absolute atomic E-state index is 0.0497. The Kier molecular flexibility index (Phi) is 4.95. The number of ether oxygens (including phenoxy) is 2. The highest BCUT2D eigenvalue weighted by atomic mass is 16.6. The molecule has 138 valence electrons. The van der Waals surface area contributed by atoms with Crippen molar-refractivity contribution in [2.75, 3.05) is 7.11 Å². The smallest absolute Gasteiger partial charge is 0.363 e. The highest BCUT2D eigenvalue weighted by molar-refractivity contribution is 6.12.